The minimum absolute atomic E-state index is 0.202. The number of ether oxygens (including phenoxy) is 2. The molecular formula is C19H12ClN3O4S. The number of thiazole rings is 1. The van der Waals surface area contributed by atoms with Gasteiger partial charge in [-0.15, -0.1) is 0 Å². The maximum absolute atomic E-state index is 12.9. The van der Waals surface area contributed by atoms with Crippen LogP contribution in [0.15, 0.2) is 40.9 Å². The summed E-state index contributed by atoms with van der Waals surface area (Å²) in [7, 11) is 0. The van der Waals surface area contributed by atoms with Crippen LogP contribution in [0.5, 0.6) is 11.5 Å². The number of aromatic nitrogens is 2. The van der Waals surface area contributed by atoms with Crippen molar-refractivity contribution in [1.29, 1.82) is 0 Å². The van der Waals surface area contributed by atoms with E-state index < -0.39 is 0 Å². The summed E-state index contributed by atoms with van der Waals surface area (Å²) in [6.45, 7) is 1.88. The maximum atomic E-state index is 12.9. The van der Waals surface area contributed by atoms with Crippen LogP contribution < -0.4 is 14.8 Å². The number of fused-ring (bicyclic) bond motifs is 2. The molecule has 0 spiro atoms. The molecular weight excluding hydrogens is 402 g/mol. The second-order valence-corrected chi connectivity index (χ2v) is 7.53. The zero-order chi connectivity index (χ0) is 19.3. The quantitative estimate of drug-likeness (QED) is 0.514. The number of carbonyl (C=O) groups excluding carboxylic acids is 1. The smallest absolute Gasteiger partial charge is 0.263 e. The van der Waals surface area contributed by atoms with Gasteiger partial charge >= 0.3 is 0 Å². The molecule has 0 atom stereocenters. The zero-order valence-electron chi connectivity index (χ0n) is 14.5. The Morgan fingerprint density at radius 2 is 2.00 bits per heavy atom. The first-order chi connectivity index (χ1) is 13.6. The molecule has 0 aliphatic carbocycles. The molecule has 5 rings (SSSR count). The summed E-state index contributed by atoms with van der Waals surface area (Å²) in [6, 6.07) is 10.8. The van der Waals surface area contributed by atoms with Gasteiger partial charge in [-0.1, -0.05) is 46.3 Å². The van der Waals surface area contributed by atoms with E-state index in [-0.39, 0.29) is 12.7 Å². The third-order valence-electron chi connectivity index (χ3n) is 4.32. The van der Waals surface area contributed by atoms with E-state index in [4.69, 9.17) is 25.6 Å². The summed E-state index contributed by atoms with van der Waals surface area (Å²) < 4.78 is 16.9. The van der Waals surface area contributed by atoms with Crippen molar-refractivity contribution >= 4 is 44.2 Å². The van der Waals surface area contributed by atoms with Crippen LogP contribution in [0.25, 0.3) is 21.5 Å². The minimum Gasteiger partial charge on any atom is -0.454 e. The predicted molar refractivity (Wildman–Crippen MR) is 105 cm³/mol. The van der Waals surface area contributed by atoms with Crippen LogP contribution in [0, 0.1) is 6.92 Å². The van der Waals surface area contributed by atoms with Gasteiger partial charge < -0.3 is 14.0 Å². The Morgan fingerprint density at radius 1 is 1.21 bits per heavy atom. The number of amides is 1. The van der Waals surface area contributed by atoms with Crippen LogP contribution in [-0.2, 0) is 0 Å². The average Bonchev–Trinajstić information content (AvgIpc) is 3.37. The first kappa shape index (κ1) is 17.0. The van der Waals surface area contributed by atoms with Gasteiger partial charge in [0.2, 0.25) is 6.79 Å². The van der Waals surface area contributed by atoms with Gasteiger partial charge in [0.15, 0.2) is 16.6 Å². The van der Waals surface area contributed by atoms with Crippen molar-refractivity contribution in [3.63, 3.8) is 0 Å². The molecule has 1 aliphatic rings. The molecule has 140 valence electrons. The molecule has 3 heterocycles. The topological polar surface area (TPSA) is 86.5 Å². The van der Waals surface area contributed by atoms with Crippen molar-refractivity contribution in [3.8, 4) is 22.8 Å². The van der Waals surface area contributed by atoms with Crippen molar-refractivity contribution in [2.45, 2.75) is 6.92 Å². The summed E-state index contributed by atoms with van der Waals surface area (Å²) >= 11 is 7.60. The van der Waals surface area contributed by atoms with Gasteiger partial charge in [-0.05, 0) is 13.0 Å². The van der Waals surface area contributed by atoms with E-state index in [9.17, 15) is 4.79 Å². The van der Waals surface area contributed by atoms with Crippen LogP contribution in [0.1, 0.15) is 16.1 Å². The molecule has 0 bridgehead atoms. The minimum atomic E-state index is -0.368. The molecule has 1 amide bonds. The highest BCUT2D eigenvalue weighted by Crippen LogP contribution is 2.39. The number of halogens is 1. The van der Waals surface area contributed by atoms with Crippen molar-refractivity contribution in [2.75, 3.05) is 12.1 Å². The van der Waals surface area contributed by atoms with Gasteiger partial charge in [0.25, 0.3) is 5.91 Å². The third-order valence-corrected chi connectivity index (χ3v) is 5.59. The predicted octanol–water partition coefficient (Wildman–Crippen LogP) is 4.89. The molecule has 4 aromatic rings. The monoisotopic (exact) mass is 413 g/mol. The van der Waals surface area contributed by atoms with E-state index in [2.05, 4.69) is 15.5 Å². The maximum Gasteiger partial charge on any atom is 0.263 e. The molecule has 1 N–H and O–H groups in total. The van der Waals surface area contributed by atoms with E-state index in [0.717, 1.165) is 10.2 Å². The van der Waals surface area contributed by atoms with Crippen molar-refractivity contribution in [2.24, 2.45) is 0 Å². The Balaban J connectivity index is 1.49. The number of benzene rings is 2. The number of nitrogens with zero attached hydrogens (tertiary/aromatic N) is 2. The Hall–Kier alpha value is -3.10. The molecule has 0 saturated carbocycles. The standard InChI is InChI=1S/C19H12ClN3O4S/c1-9-16(17(23-27-9)10-4-2-3-5-11(10)20)18(24)22-19-21-12-6-13-14(26-8-25-13)7-15(12)28-19/h2-7H,8H2,1H3,(H,21,22,24). The first-order valence-electron chi connectivity index (χ1n) is 8.33. The number of hydrogen-bond donors (Lipinski definition) is 1. The number of aryl methyl sites for hydroxylation is 1. The molecule has 0 radical (unpaired) electrons. The molecule has 0 fully saturated rings. The lowest BCUT2D eigenvalue weighted by Crippen LogP contribution is -2.13. The van der Waals surface area contributed by atoms with Crippen molar-refractivity contribution < 1.29 is 18.8 Å². The van der Waals surface area contributed by atoms with Gasteiger partial charge in [-0.3, -0.25) is 10.1 Å². The van der Waals surface area contributed by atoms with Crippen LogP contribution in [0.4, 0.5) is 5.13 Å². The first-order valence-corrected chi connectivity index (χ1v) is 9.52. The summed E-state index contributed by atoms with van der Waals surface area (Å²) in [6.07, 6.45) is 0. The Labute approximate surface area is 167 Å². The molecule has 1 aliphatic heterocycles. The Kier molecular flexibility index (Phi) is 3.96. The van der Waals surface area contributed by atoms with E-state index in [0.29, 0.717) is 44.2 Å². The fourth-order valence-electron chi connectivity index (χ4n) is 3.01. The van der Waals surface area contributed by atoms with Crippen molar-refractivity contribution in [3.05, 3.63) is 52.7 Å². The number of nitrogens with one attached hydrogen (secondary N) is 1. The summed E-state index contributed by atoms with van der Waals surface area (Å²) in [5, 5.41) is 7.79. The fourth-order valence-corrected chi connectivity index (χ4v) is 4.10. The van der Waals surface area contributed by atoms with Gasteiger partial charge in [0, 0.05) is 17.7 Å². The van der Waals surface area contributed by atoms with Gasteiger partial charge in [0.05, 0.1) is 15.2 Å². The van der Waals surface area contributed by atoms with Gasteiger partial charge in [0.1, 0.15) is 17.0 Å². The Bertz CT molecular complexity index is 1190. The highest BCUT2D eigenvalue weighted by atomic mass is 35.5. The van der Waals surface area contributed by atoms with Crippen molar-refractivity contribution in [1.82, 2.24) is 10.1 Å². The SMILES string of the molecule is Cc1onc(-c2ccccc2Cl)c1C(=O)Nc1nc2cc3c(cc2s1)OCO3. The number of anilines is 1. The number of carbonyl (C=O) groups is 1. The highest BCUT2D eigenvalue weighted by Gasteiger charge is 2.24. The molecule has 9 heteroatoms. The normalized spacial score (nSPS) is 12.5. The molecule has 28 heavy (non-hydrogen) atoms. The lowest BCUT2D eigenvalue weighted by molar-refractivity contribution is 0.102. The van der Waals surface area contributed by atoms with Gasteiger partial charge in [-0.2, -0.15) is 0 Å². The number of rotatable bonds is 3. The summed E-state index contributed by atoms with van der Waals surface area (Å²) in [5.74, 6) is 1.35. The van der Waals surface area contributed by atoms with E-state index in [1.807, 2.05) is 18.2 Å². The van der Waals surface area contributed by atoms with Crippen LogP contribution in [-0.4, -0.2) is 22.8 Å². The molecule has 0 saturated heterocycles. The average molecular weight is 414 g/mol. The van der Waals surface area contributed by atoms with E-state index >= 15 is 0 Å². The highest BCUT2D eigenvalue weighted by molar-refractivity contribution is 7.22. The summed E-state index contributed by atoms with van der Waals surface area (Å²) in [5.41, 5.74) is 2.06. The lowest BCUT2D eigenvalue weighted by Gasteiger charge is -2.04. The fraction of sp³-hybridized carbons (Fsp3) is 0.105. The molecule has 7 nitrogen and oxygen atoms in total. The second kappa shape index (κ2) is 6.50. The lowest BCUT2D eigenvalue weighted by atomic mass is 10.1. The molecule has 2 aromatic carbocycles. The van der Waals surface area contributed by atoms with Crippen LogP contribution in [0.3, 0.4) is 0 Å². The molecule has 0 unspecified atom stereocenters. The van der Waals surface area contributed by atoms with Crippen LogP contribution in [0.2, 0.25) is 5.02 Å². The van der Waals surface area contributed by atoms with E-state index in [1.165, 1.54) is 11.3 Å². The van der Waals surface area contributed by atoms with Crippen LogP contribution >= 0.6 is 22.9 Å². The largest absolute Gasteiger partial charge is 0.454 e. The Morgan fingerprint density at radius 3 is 2.82 bits per heavy atom. The van der Waals surface area contributed by atoms with Gasteiger partial charge in [-0.25, -0.2) is 4.98 Å². The second-order valence-electron chi connectivity index (χ2n) is 6.09. The third kappa shape index (κ3) is 2.78. The summed E-state index contributed by atoms with van der Waals surface area (Å²) in [4.78, 5) is 17.4. The zero-order valence-corrected chi connectivity index (χ0v) is 16.1. The van der Waals surface area contributed by atoms with E-state index in [1.54, 1.807) is 25.1 Å². The number of hydrogen-bond acceptors (Lipinski definition) is 7. The molecule has 2 aromatic heterocycles.